The SMILES string of the molecule is Cc1[nH]ncc1C(=O)Nc1ccc(Oc2ccccc2)cc1. The van der Waals surface area contributed by atoms with Gasteiger partial charge in [-0.2, -0.15) is 5.10 Å². The molecule has 0 unspecified atom stereocenters. The Hall–Kier alpha value is -3.08. The van der Waals surface area contributed by atoms with Gasteiger partial charge in [-0.15, -0.1) is 0 Å². The molecule has 0 fully saturated rings. The first-order valence-electron chi connectivity index (χ1n) is 6.86. The molecule has 2 N–H and O–H groups in total. The fourth-order valence-corrected chi connectivity index (χ4v) is 2.01. The highest BCUT2D eigenvalue weighted by Crippen LogP contribution is 2.22. The second-order valence-electron chi connectivity index (χ2n) is 4.80. The number of amides is 1. The lowest BCUT2D eigenvalue weighted by atomic mass is 10.2. The lowest BCUT2D eigenvalue weighted by Crippen LogP contribution is -2.12. The number of carbonyl (C=O) groups is 1. The van der Waals surface area contributed by atoms with E-state index < -0.39 is 0 Å². The Balaban J connectivity index is 1.67. The lowest BCUT2D eigenvalue weighted by Gasteiger charge is -2.07. The zero-order chi connectivity index (χ0) is 15.4. The van der Waals surface area contributed by atoms with Gasteiger partial charge in [-0.1, -0.05) is 18.2 Å². The molecule has 0 saturated heterocycles. The highest BCUT2D eigenvalue weighted by Gasteiger charge is 2.10. The Morgan fingerprint density at radius 1 is 1.05 bits per heavy atom. The molecule has 5 nitrogen and oxygen atoms in total. The average molecular weight is 293 g/mol. The molecule has 110 valence electrons. The average Bonchev–Trinajstić information content (AvgIpc) is 2.96. The van der Waals surface area contributed by atoms with E-state index in [0.29, 0.717) is 17.0 Å². The van der Waals surface area contributed by atoms with Crippen LogP contribution in [0.5, 0.6) is 11.5 Å². The summed E-state index contributed by atoms with van der Waals surface area (Å²) in [6, 6.07) is 16.7. The predicted molar refractivity (Wildman–Crippen MR) is 84.2 cm³/mol. The minimum absolute atomic E-state index is 0.192. The number of para-hydroxylation sites is 1. The third kappa shape index (κ3) is 3.15. The Labute approximate surface area is 127 Å². The van der Waals surface area contributed by atoms with Crippen molar-refractivity contribution in [3.05, 3.63) is 72.1 Å². The van der Waals surface area contributed by atoms with Crippen molar-refractivity contribution in [3.63, 3.8) is 0 Å². The van der Waals surface area contributed by atoms with E-state index >= 15 is 0 Å². The summed E-state index contributed by atoms with van der Waals surface area (Å²) in [7, 11) is 0. The minimum Gasteiger partial charge on any atom is -0.457 e. The summed E-state index contributed by atoms with van der Waals surface area (Å²) in [5, 5.41) is 9.40. The highest BCUT2D eigenvalue weighted by atomic mass is 16.5. The largest absolute Gasteiger partial charge is 0.457 e. The molecule has 2 aromatic carbocycles. The Kier molecular flexibility index (Phi) is 3.87. The standard InChI is InChI=1S/C17H15N3O2/c1-12-16(11-18-20-12)17(21)19-13-7-9-15(10-8-13)22-14-5-3-2-4-6-14/h2-11H,1H3,(H,18,20)(H,19,21). The van der Waals surface area contributed by atoms with E-state index in [2.05, 4.69) is 15.5 Å². The van der Waals surface area contributed by atoms with Gasteiger partial charge in [-0.25, -0.2) is 0 Å². The molecule has 5 heteroatoms. The van der Waals surface area contributed by atoms with Gasteiger partial charge in [0.05, 0.1) is 11.8 Å². The van der Waals surface area contributed by atoms with E-state index in [1.165, 1.54) is 6.20 Å². The van der Waals surface area contributed by atoms with Crippen LogP contribution in [0.15, 0.2) is 60.8 Å². The molecule has 0 bridgehead atoms. The number of anilines is 1. The molecular formula is C17H15N3O2. The third-order valence-electron chi connectivity index (χ3n) is 3.17. The molecule has 22 heavy (non-hydrogen) atoms. The molecule has 0 aliphatic rings. The summed E-state index contributed by atoms with van der Waals surface area (Å²) in [6.45, 7) is 1.80. The maximum Gasteiger partial charge on any atom is 0.259 e. The lowest BCUT2D eigenvalue weighted by molar-refractivity contribution is 0.102. The molecule has 1 aromatic heterocycles. The summed E-state index contributed by atoms with van der Waals surface area (Å²) in [5.41, 5.74) is 1.97. The first-order valence-corrected chi connectivity index (χ1v) is 6.86. The van der Waals surface area contributed by atoms with Crippen molar-refractivity contribution < 1.29 is 9.53 Å². The van der Waals surface area contributed by atoms with Crippen LogP contribution in [0.25, 0.3) is 0 Å². The molecule has 0 spiro atoms. The molecule has 1 heterocycles. The van der Waals surface area contributed by atoms with Crippen LogP contribution in [0, 0.1) is 6.92 Å². The van der Waals surface area contributed by atoms with Crippen LogP contribution in [0.4, 0.5) is 5.69 Å². The van der Waals surface area contributed by atoms with Crippen LogP contribution >= 0.6 is 0 Å². The quantitative estimate of drug-likeness (QED) is 0.769. The van der Waals surface area contributed by atoms with Crippen molar-refractivity contribution in [2.24, 2.45) is 0 Å². The zero-order valence-corrected chi connectivity index (χ0v) is 12.0. The second-order valence-corrected chi connectivity index (χ2v) is 4.80. The van der Waals surface area contributed by atoms with Crippen LogP contribution < -0.4 is 10.1 Å². The maximum absolute atomic E-state index is 12.1. The van der Waals surface area contributed by atoms with Crippen LogP contribution in [-0.2, 0) is 0 Å². The third-order valence-corrected chi connectivity index (χ3v) is 3.17. The van der Waals surface area contributed by atoms with Gasteiger partial charge in [-0.3, -0.25) is 9.89 Å². The molecular weight excluding hydrogens is 278 g/mol. The van der Waals surface area contributed by atoms with Gasteiger partial charge in [0.25, 0.3) is 5.91 Å². The molecule has 0 atom stereocenters. The number of H-pyrrole nitrogens is 1. The highest BCUT2D eigenvalue weighted by molar-refractivity contribution is 6.04. The van der Waals surface area contributed by atoms with Crippen molar-refractivity contribution >= 4 is 11.6 Å². The summed E-state index contributed by atoms with van der Waals surface area (Å²) < 4.78 is 5.70. The Morgan fingerprint density at radius 3 is 2.36 bits per heavy atom. The maximum atomic E-state index is 12.1. The van der Waals surface area contributed by atoms with E-state index in [9.17, 15) is 4.79 Å². The zero-order valence-electron chi connectivity index (χ0n) is 12.0. The van der Waals surface area contributed by atoms with Gasteiger partial charge in [0, 0.05) is 11.4 Å². The number of aromatic amines is 1. The number of nitrogens with zero attached hydrogens (tertiary/aromatic N) is 1. The van der Waals surface area contributed by atoms with Crippen molar-refractivity contribution in [2.75, 3.05) is 5.32 Å². The second kappa shape index (κ2) is 6.13. The number of ether oxygens (including phenoxy) is 1. The number of benzene rings is 2. The van der Waals surface area contributed by atoms with E-state index in [1.54, 1.807) is 19.1 Å². The van der Waals surface area contributed by atoms with Gasteiger partial charge in [-0.05, 0) is 43.3 Å². The number of rotatable bonds is 4. The summed E-state index contributed by atoms with van der Waals surface area (Å²) >= 11 is 0. The topological polar surface area (TPSA) is 67.0 Å². The van der Waals surface area contributed by atoms with Gasteiger partial charge in [0.2, 0.25) is 0 Å². The van der Waals surface area contributed by atoms with Gasteiger partial charge in [0.1, 0.15) is 11.5 Å². The predicted octanol–water partition coefficient (Wildman–Crippen LogP) is 3.76. The smallest absolute Gasteiger partial charge is 0.259 e. The fraction of sp³-hybridized carbons (Fsp3) is 0.0588. The molecule has 1 amide bonds. The van der Waals surface area contributed by atoms with Gasteiger partial charge in [0.15, 0.2) is 0 Å². The van der Waals surface area contributed by atoms with Crippen molar-refractivity contribution in [3.8, 4) is 11.5 Å². The Morgan fingerprint density at radius 2 is 1.73 bits per heavy atom. The Bertz CT molecular complexity index is 764. The number of nitrogens with one attached hydrogen (secondary N) is 2. The number of carbonyl (C=O) groups excluding carboxylic acids is 1. The first-order chi connectivity index (χ1) is 10.7. The van der Waals surface area contributed by atoms with E-state index in [4.69, 9.17) is 4.74 Å². The molecule has 0 radical (unpaired) electrons. The van der Waals surface area contributed by atoms with Crippen LogP contribution in [0.1, 0.15) is 16.1 Å². The number of aromatic nitrogens is 2. The van der Waals surface area contributed by atoms with E-state index in [1.807, 2.05) is 42.5 Å². The summed E-state index contributed by atoms with van der Waals surface area (Å²) in [4.78, 5) is 12.1. The van der Waals surface area contributed by atoms with Gasteiger partial charge < -0.3 is 10.1 Å². The molecule has 3 aromatic rings. The van der Waals surface area contributed by atoms with Crippen LogP contribution in [0.3, 0.4) is 0 Å². The van der Waals surface area contributed by atoms with Crippen molar-refractivity contribution in [2.45, 2.75) is 6.92 Å². The number of aryl methyl sites for hydroxylation is 1. The number of hydrogen-bond acceptors (Lipinski definition) is 3. The van der Waals surface area contributed by atoms with Crippen molar-refractivity contribution in [1.29, 1.82) is 0 Å². The normalized spacial score (nSPS) is 10.2. The number of hydrogen-bond donors (Lipinski definition) is 2. The van der Waals surface area contributed by atoms with Crippen LogP contribution in [0.2, 0.25) is 0 Å². The minimum atomic E-state index is -0.192. The molecule has 0 aliphatic carbocycles. The molecule has 3 rings (SSSR count). The first kappa shape index (κ1) is 13.9. The van der Waals surface area contributed by atoms with Crippen LogP contribution in [-0.4, -0.2) is 16.1 Å². The van der Waals surface area contributed by atoms with E-state index in [0.717, 1.165) is 11.4 Å². The summed E-state index contributed by atoms with van der Waals surface area (Å²) in [6.07, 6.45) is 1.51. The fourth-order valence-electron chi connectivity index (χ4n) is 2.01. The summed E-state index contributed by atoms with van der Waals surface area (Å²) in [5.74, 6) is 1.29. The molecule has 0 saturated carbocycles. The van der Waals surface area contributed by atoms with Crippen molar-refractivity contribution in [1.82, 2.24) is 10.2 Å². The monoisotopic (exact) mass is 293 g/mol. The van der Waals surface area contributed by atoms with Gasteiger partial charge >= 0.3 is 0 Å². The molecule has 0 aliphatic heterocycles. The van der Waals surface area contributed by atoms with E-state index in [-0.39, 0.29) is 5.91 Å².